The molecule has 0 aromatic heterocycles. The lowest BCUT2D eigenvalue weighted by Crippen LogP contribution is -2.09. The van der Waals surface area contributed by atoms with Crippen molar-refractivity contribution in [2.45, 2.75) is 6.92 Å². The standard InChI is InChI=1S/C17H19NO4/c1-13(19)18-14-4-3-5-17(12-14)22-11-10-21-16-8-6-15(20-2)7-9-16/h3-9,12H,10-11H2,1-2H3,(H,18,19). The Kier molecular flexibility index (Phi) is 5.65. The number of carbonyl (C=O) groups excluding carboxylic acids is 1. The molecule has 0 unspecified atom stereocenters. The normalized spacial score (nSPS) is 9.91. The lowest BCUT2D eigenvalue weighted by Gasteiger charge is -2.10. The molecule has 2 aromatic carbocycles. The number of benzene rings is 2. The van der Waals surface area contributed by atoms with Gasteiger partial charge in [-0.25, -0.2) is 0 Å². The van der Waals surface area contributed by atoms with E-state index in [0.29, 0.717) is 24.7 Å². The van der Waals surface area contributed by atoms with Crippen molar-refractivity contribution >= 4 is 11.6 Å². The van der Waals surface area contributed by atoms with Crippen LogP contribution >= 0.6 is 0 Å². The number of hydrogen-bond donors (Lipinski definition) is 1. The van der Waals surface area contributed by atoms with E-state index in [4.69, 9.17) is 14.2 Å². The maximum Gasteiger partial charge on any atom is 0.221 e. The van der Waals surface area contributed by atoms with Gasteiger partial charge in [0.05, 0.1) is 7.11 Å². The SMILES string of the molecule is COc1ccc(OCCOc2cccc(NC(C)=O)c2)cc1. The van der Waals surface area contributed by atoms with Crippen molar-refractivity contribution in [3.63, 3.8) is 0 Å². The summed E-state index contributed by atoms with van der Waals surface area (Å²) in [5.41, 5.74) is 0.709. The summed E-state index contributed by atoms with van der Waals surface area (Å²) in [6.07, 6.45) is 0. The number of anilines is 1. The van der Waals surface area contributed by atoms with Gasteiger partial charge >= 0.3 is 0 Å². The molecule has 22 heavy (non-hydrogen) atoms. The van der Waals surface area contributed by atoms with Gasteiger partial charge in [0.1, 0.15) is 30.5 Å². The number of rotatable bonds is 7. The van der Waals surface area contributed by atoms with Gasteiger partial charge in [-0.1, -0.05) is 6.07 Å². The number of amides is 1. The lowest BCUT2D eigenvalue weighted by molar-refractivity contribution is -0.114. The first-order chi connectivity index (χ1) is 10.7. The molecule has 1 N–H and O–H groups in total. The molecule has 0 fully saturated rings. The molecule has 0 radical (unpaired) electrons. The second-order valence-corrected chi connectivity index (χ2v) is 4.58. The molecule has 0 heterocycles. The molecule has 5 heteroatoms. The predicted molar refractivity (Wildman–Crippen MR) is 84.7 cm³/mol. The Bertz CT molecular complexity index is 610. The first kappa shape index (κ1) is 15.7. The summed E-state index contributed by atoms with van der Waals surface area (Å²) in [5, 5.41) is 2.71. The topological polar surface area (TPSA) is 56.8 Å². The average Bonchev–Trinajstić information content (AvgIpc) is 2.52. The van der Waals surface area contributed by atoms with Gasteiger partial charge in [0.2, 0.25) is 5.91 Å². The van der Waals surface area contributed by atoms with E-state index in [1.54, 1.807) is 13.2 Å². The fourth-order valence-corrected chi connectivity index (χ4v) is 1.86. The van der Waals surface area contributed by atoms with Crippen LogP contribution in [0.3, 0.4) is 0 Å². The van der Waals surface area contributed by atoms with E-state index in [1.165, 1.54) is 6.92 Å². The van der Waals surface area contributed by atoms with Gasteiger partial charge < -0.3 is 19.5 Å². The minimum Gasteiger partial charge on any atom is -0.497 e. The minimum atomic E-state index is -0.111. The molecule has 116 valence electrons. The Morgan fingerprint density at radius 2 is 1.59 bits per heavy atom. The monoisotopic (exact) mass is 301 g/mol. The molecule has 1 amide bonds. The molecule has 5 nitrogen and oxygen atoms in total. The zero-order chi connectivity index (χ0) is 15.8. The van der Waals surface area contributed by atoms with Crippen LogP contribution in [0.25, 0.3) is 0 Å². The molecule has 0 bridgehead atoms. The Labute approximate surface area is 129 Å². The van der Waals surface area contributed by atoms with Crippen LogP contribution in [-0.2, 0) is 4.79 Å². The first-order valence-corrected chi connectivity index (χ1v) is 6.94. The van der Waals surface area contributed by atoms with Gasteiger partial charge in [0.15, 0.2) is 0 Å². The van der Waals surface area contributed by atoms with Gasteiger partial charge in [-0.2, -0.15) is 0 Å². The molecule has 2 aromatic rings. The van der Waals surface area contributed by atoms with Gasteiger partial charge in [-0.15, -0.1) is 0 Å². The van der Waals surface area contributed by atoms with Crippen molar-refractivity contribution < 1.29 is 19.0 Å². The summed E-state index contributed by atoms with van der Waals surface area (Å²) < 4.78 is 16.2. The quantitative estimate of drug-likeness (QED) is 0.798. The van der Waals surface area contributed by atoms with Crippen LogP contribution in [0.15, 0.2) is 48.5 Å². The van der Waals surface area contributed by atoms with Crippen LogP contribution in [0.1, 0.15) is 6.92 Å². The maximum atomic E-state index is 11.0. The van der Waals surface area contributed by atoms with Crippen LogP contribution < -0.4 is 19.5 Å². The van der Waals surface area contributed by atoms with Crippen molar-refractivity contribution in [2.24, 2.45) is 0 Å². The number of ether oxygens (including phenoxy) is 3. The molecular formula is C17H19NO4. The van der Waals surface area contributed by atoms with Gasteiger partial charge in [-0.05, 0) is 36.4 Å². The minimum absolute atomic E-state index is 0.111. The number of carbonyl (C=O) groups is 1. The van der Waals surface area contributed by atoms with Gasteiger partial charge in [-0.3, -0.25) is 4.79 Å². The third kappa shape index (κ3) is 5.01. The highest BCUT2D eigenvalue weighted by atomic mass is 16.5. The molecule has 0 spiro atoms. The van der Waals surface area contributed by atoms with E-state index >= 15 is 0 Å². The molecule has 0 saturated carbocycles. The Hall–Kier alpha value is -2.69. The second-order valence-electron chi connectivity index (χ2n) is 4.58. The van der Waals surface area contributed by atoms with Crippen LogP contribution in [0.2, 0.25) is 0 Å². The van der Waals surface area contributed by atoms with E-state index in [2.05, 4.69) is 5.32 Å². The molecule has 0 saturated heterocycles. The van der Waals surface area contributed by atoms with Crippen molar-refractivity contribution in [3.05, 3.63) is 48.5 Å². The van der Waals surface area contributed by atoms with Crippen molar-refractivity contribution in [3.8, 4) is 17.2 Å². The smallest absolute Gasteiger partial charge is 0.221 e. The second kappa shape index (κ2) is 7.93. The Morgan fingerprint density at radius 3 is 2.23 bits per heavy atom. The van der Waals surface area contributed by atoms with E-state index in [-0.39, 0.29) is 5.91 Å². The van der Waals surface area contributed by atoms with Crippen LogP contribution in [-0.4, -0.2) is 26.2 Å². The van der Waals surface area contributed by atoms with Crippen LogP contribution in [0, 0.1) is 0 Å². The highest BCUT2D eigenvalue weighted by Crippen LogP contribution is 2.18. The zero-order valence-corrected chi connectivity index (χ0v) is 12.7. The molecule has 0 aliphatic carbocycles. The summed E-state index contributed by atoms with van der Waals surface area (Å²) in [7, 11) is 1.62. The Morgan fingerprint density at radius 1 is 0.955 bits per heavy atom. The lowest BCUT2D eigenvalue weighted by atomic mass is 10.3. The largest absolute Gasteiger partial charge is 0.497 e. The number of methoxy groups -OCH3 is 1. The molecule has 0 atom stereocenters. The first-order valence-electron chi connectivity index (χ1n) is 6.94. The van der Waals surface area contributed by atoms with Crippen LogP contribution in [0.5, 0.6) is 17.2 Å². The maximum absolute atomic E-state index is 11.0. The third-order valence-electron chi connectivity index (χ3n) is 2.83. The highest BCUT2D eigenvalue weighted by Gasteiger charge is 2.00. The average molecular weight is 301 g/mol. The molecule has 0 aliphatic rings. The van der Waals surface area contributed by atoms with E-state index in [9.17, 15) is 4.79 Å². The van der Waals surface area contributed by atoms with Crippen molar-refractivity contribution in [1.29, 1.82) is 0 Å². The fourth-order valence-electron chi connectivity index (χ4n) is 1.86. The van der Waals surface area contributed by atoms with Crippen molar-refractivity contribution in [2.75, 3.05) is 25.6 Å². The summed E-state index contributed by atoms with van der Waals surface area (Å²) >= 11 is 0. The summed E-state index contributed by atoms with van der Waals surface area (Å²) in [6.45, 7) is 2.31. The summed E-state index contributed by atoms with van der Waals surface area (Å²) in [5.74, 6) is 2.12. The zero-order valence-electron chi connectivity index (χ0n) is 12.7. The van der Waals surface area contributed by atoms with Gasteiger partial charge in [0.25, 0.3) is 0 Å². The van der Waals surface area contributed by atoms with E-state index < -0.39 is 0 Å². The number of nitrogens with one attached hydrogen (secondary N) is 1. The molecule has 0 aliphatic heterocycles. The predicted octanol–water partition coefficient (Wildman–Crippen LogP) is 3.11. The fraction of sp³-hybridized carbons (Fsp3) is 0.235. The molecule has 2 rings (SSSR count). The third-order valence-corrected chi connectivity index (χ3v) is 2.83. The van der Waals surface area contributed by atoms with E-state index in [0.717, 1.165) is 11.5 Å². The summed E-state index contributed by atoms with van der Waals surface area (Å²) in [6, 6.07) is 14.6. The summed E-state index contributed by atoms with van der Waals surface area (Å²) in [4.78, 5) is 11.0. The Balaban J connectivity index is 1.77. The molecular weight excluding hydrogens is 282 g/mol. The van der Waals surface area contributed by atoms with Gasteiger partial charge in [0, 0.05) is 18.7 Å². The van der Waals surface area contributed by atoms with E-state index in [1.807, 2.05) is 42.5 Å². The van der Waals surface area contributed by atoms with Crippen LogP contribution in [0.4, 0.5) is 5.69 Å². The van der Waals surface area contributed by atoms with Crippen molar-refractivity contribution in [1.82, 2.24) is 0 Å². The highest BCUT2D eigenvalue weighted by molar-refractivity contribution is 5.88. The number of hydrogen-bond acceptors (Lipinski definition) is 4.